The van der Waals surface area contributed by atoms with Crippen molar-refractivity contribution in [1.82, 2.24) is 5.32 Å². The highest BCUT2D eigenvalue weighted by molar-refractivity contribution is 5.87. The maximum Gasteiger partial charge on any atom is 0.326 e. The van der Waals surface area contributed by atoms with Crippen molar-refractivity contribution in [2.24, 2.45) is 23.7 Å². The third-order valence-corrected chi connectivity index (χ3v) is 4.03. The molecule has 2 rings (SSSR count). The van der Waals surface area contributed by atoms with Crippen LogP contribution in [-0.4, -0.2) is 23.0 Å². The van der Waals surface area contributed by atoms with Gasteiger partial charge in [0, 0.05) is 5.92 Å². The molecule has 0 aromatic heterocycles. The minimum Gasteiger partial charge on any atom is -0.480 e. The zero-order chi connectivity index (χ0) is 12.6. The van der Waals surface area contributed by atoms with Crippen molar-refractivity contribution in [2.75, 3.05) is 0 Å². The Labute approximate surface area is 102 Å². The van der Waals surface area contributed by atoms with Gasteiger partial charge in [-0.2, -0.15) is 0 Å². The number of rotatable bonds is 5. The van der Waals surface area contributed by atoms with Crippen LogP contribution >= 0.6 is 0 Å². The van der Waals surface area contributed by atoms with Gasteiger partial charge in [0.25, 0.3) is 0 Å². The summed E-state index contributed by atoms with van der Waals surface area (Å²) in [6, 6.07) is -0.719. The molecule has 2 fully saturated rings. The Kier molecular flexibility index (Phi) is 3.40. The number of carboxylic acids is 1. The SMILES string of the molecule is CC(C)C[C@@H](NC(=O)C1C2CCCC21)C(=O)O. The Morgan fingerprint density at radius 1 is 1.29 bits per heavy atom. The van der Waals surface area contributed by atoms with Gasteiger partial charge in [-0.25, -0.2) is 4.79 Å². The topological polar surface area (TPSA) is 66.4 Å². The van der Waals surface area contributed by atoms with E-state index in [1.807, 2.05) is 13.8 Å². The number of hydrogen-bond donors (Lipinski definition) is 2. The first-order chi connectivity index (χ1) is 8.00. The molecule has 0 radical (unpaired) electrons. The largest absolute Gasteiger partial charge is 0.480 e. The van der Waals surface area contributed by atoms with Crippen LogP contribution in [-0.2, 0) is 9.59 Å². The minimum absolute atomic E-state index is 0.0345. The monoisotopic (exact) mass is 239 g/mol. The second kappa shape index (κ2) is 4.67. The van der Waals surface area contributed by atoms with Gasteiger partial charge in [0.2, 0.25) is 5.91 Å². The fraction of sp³-hybridized carbons (Fsp3) is 0.846. The summed E-state index contributed by atoms with van der Waals surface area (Å²) in [5, 5.41) is 11.8. The Morgan fingerprint density at radius 3 is 2.35 bits per heavy atom. The van der Waals surface area contributed by atoms with E-state index in [-0.39, 0.29) is 17.7 Å². The molecule has 96 valence electrons. The predicted molar refractivity (Wildman–Crippen MR) is 63.3 cm³/mol. The van der Waals surface area contributed by atoms with E-state index in [0.717, 1.165) is 12.8 Å². The van der Waals surface area contributed by atoms with Crippen molar-refractivity contribution >= 4 is 11.9 Å². The number of carboxylic acid groups (broad SMARTS) is 1. The highest BCUT2D eigenvalue weighted by atomic mass is 16.4. The third kappa shape index (κ3) is 2.61. The Hall–Kier alpha value is -1.06. The zero-order valence-corrected chi connectivity index (χ0v) is 10.5. The molecule has 0 aromatic rings. The van der Waals surface area contributed by atoms with Crippen LogP contribution in [0.15, 0.2) is 0 Å². The number of fused-ring (bicyclic) bond motifs is 1. The molecule has 4 heteroatoms. The summed E-state index contributed by atoms with van der Waals surface area (Å²) in [5.41, 5.74) is 0. The smallest absolute Gasteiger partial charge is 0.326 e. The minimum atomic E-state index is -0.919. The van der Waals surface area contributed by atoms with Crippen molar-refractivity contribution in [2.45, 2.75) is 45.6 Å². The molecule has 0 saturated heterocycles. The van der Waals surface area contributed by atoms with Crippen LogP contribution in [0.1, 0.15) is 39.5 Å². The van der Waals surface area contributed by atoms with Gasteiger partial charge in [0.15, 0.2) is 0 Å². The highest BCUT2D eigenvalue weighted by Crippen LogP contribution is 2.57. The van der Waals surface area contributed by atoms with Crippen molar-refractivity contribution in [3.8, 4) is 0 Å². The van der Waals surface area contributed by atoms with Crippen LogP contribution in [0.2, 0.25) is 0 Å². The molecule has 2 saturated carbocycles. The number of carbonyl (C=O) groups is 2. The average molecular weight is 239 g/mol. The summed E-state index contributed by atoms with van der Waals surface area (Å²) in [4.78, 5) is 23.0. The van der Waals surface area contributed by atoms with Crippen LogP contribution < -0.4 is 5.32 Å². The molecule has 2 aliphatic carbocycles. The van der Waals surface area contributed by atoms with Gasteiger partial charge in [-0.15, -0.1) is 0 Å². The fourth-order valence-corrected chi connectivity index (χ4v) is 3.17. The van der Waals surface area contributed by atoms with Crippen LogP contribution in [0.25, 0.3) is 0 Å². The van der Waals surface area contributed by atoms with Gasteiger partial charge >= 0.3 is 5.97 Å². The van der Waals surface area contributed by atoms with Gasteiger partial charge in [-0.3, -0.25) is 4.79 Å². The molecule has 3 atom stereocenters. The lowest BCUT2D eigenvalue weighted by Gasteiger charge is -2.17. The van der Waals surface area contributed by atoms with E-state index in [1.165, 1.54) is 6.42 Å². The van der Waals surface area contributed by atoms with Crippen LogP contribution in [0.3, 0.4) is 0 Å². The molecule has 2 N–H and O–H groups in total. The van der Waals surface area contributed by atoms with E-state index in [0.29, 0.717) is 18.3 Å². The first-order valence-corrected chi connectivity index (χ1v) is 6.54. The first-order valence-electron chi connectivity index (χ1n) is 6.54. The quantitative estimate of drug-likeness (QED) is 0.766. The van der Waals surface area contributed by atoms with Crippen LogP contribution in [0.4, 0.5) is 0 Å². The third-order valence-electron chi connectivity index (χ3n) is 4.03. The van der Waals surface area contributed by atoms with Crippen molar-refractivity contribution in [3.05, 3.63) is 0 Å². The first kappa shape index (κ1) is 12.4. The molecular weight excluding hydrogens is 218 g/mol. The van der Waals surface area contributed by atoms with E-state index in [2.05, 4.69) is 5.32 Å². The van der Waals surface area contributed by atoms with Crippen molar-refractivity contribution in [1.29, 1.82) is 0 Å². The molecule has 0 aromatic carbocycles. The summed E-state index contributed by atoms with van der Waals surface area (Å²) >= 11 is 0. The Morgan fingerprint density at radius 2 is 1.88 bits per heavy atom. The Balaban J connectivity index is 1.86. The molecule has 0 spiro atoms. The van der Waals surface area contributed by atoms with Crippen molar-refractivity contribution < 1.29 is 14.7 Å². The van der Waals surface area contributed by atoms with Crippen molar-refractivity contribution in [3.63, 3.8) is 0 Å². The lowest BCUT2D eigenvalue weighted by molar-refractivity contribution is -0.142. The maximum absolute atomic E-state index is 11.9. The molecule has 2 unspecified atom stereocenters. The second-order valence-electron chi connectivity index (χ2n) is 5.81. The molecular formula is C13H21NO3. The fourth-order valence-electron chi connectivity index (χ4n) is 3.17. The molecule has 1 amide bonds. The number of nitrogens with one attached hydrogen (secondary N) is 1. The van der Waals surface area contributed by atoms with E-state index >= 15 is 0 Å². The highest BCUT2D eigenvalue weighted by Gasteiger charge is 2.56. The lowest BCUT2D eigenvalue weighted by atomic mass is 10.0. The Bertz CT molecular complexity index is 317. The summed E-state index contributed by atoms with van der Waals surface area (Å²) in [7, 11) is 0. The summed E-state index contributed by atoms with van der Waals surface area (Å²) in [6.45, 7) is 3.93. The van der Waals surface area contributed by atoms with Gasteiger partial charge in [0.1, 0.15) is 6.04 Å². The average Bonchev–Trinajstić information content (AvgIpc) is 2.71. The summed E-state index contributed by atoms with van der Waals surface area (Å²) < 4.78 is 0. The molecule has 17 heavy (non-hydrogen) atoms. The predicted octanol–water partition coefficient (Wildman–Crippen LogP) is 1.65. The molecule has 2 aliphatic rings. The zero-order valence-electron chi connectivity index (χ0n) is 10.5. The van der Waals surface area contributed by atoms with E-state index in [1.54, 1.807) is 0 Å². The van der Waals surface area contributed by atoms with Crippen LogP contribution in [0, 0.1) is 23.7 Å². The molecule has 0 heterocycles. The number of amides is 1. The van der Waals surface area contributed by atoms with Crippen LogP contribution in [0.5, 0.6) is 0 Å². The summed E-state index contributed by atoms with van der Waals surface area (Å²) in [6.07, 6.45) is 4.02. The molecule has 0 aliphatic heterocycles. The lowest BCUT2D eigenvalue weighted by Crippen LogP contribution is -2.42. The van der Waals surface area contributed by atoms with Gasteiger partial charge in [-0.1, -0.05) is 20.3 Å². The van der Waals surface area contributed by atoms with Gasteiger partial charge in [-0.05, 0) is 37.0 Å². The van der Waals surface area contributed by atoms with E-state index in [4.69, 9.17) is 5.11 Å². The second-order valence-corrected chi connectivity index (χ2v) is 5.81. The number of carbonyl (C=O) groups excluding carboxylic acids is 1. The standard InChI is InChI=1S/C13H21NO3/c1-7(2)6-10(13(16)17)14-12(15)11-8-4-3-5-9(8)11/h7-11H,3-6H2,1-2H3,(H,14,15)(H,16,17)/t8?,9?,10-,11?/m1/s1. The summed E-state index contributed by atoms with van der Waals surface area (Å²) in [5.74, 6) is 0.519. The number of aliphatic carboxylic acids is 1. The normalized spacial score (nSPS) is 32.1. The maximum atomic E-state index is 11.9. The molecule has 4 nitrogen and oxygen atoms in total. The van der Waals surface area contributed by atoms with Gasteiger partial charge < -0.3 is 10.4 Å². The van der Waals surface area contributed by atoms with Gasteiger partial charge in [0.05, 0.1) is 0 Å². The number of hydrogen-bond acceptors (Lipinski definition) is 2. The van der Waals surface area contributed by atoms with E-state index in [9.17, 15) is 9.59 Å². The van der Waals surface area contributed by atoms with E-state index < -0.39 is 12.0 Å². The molecule has 0 bridgehead atoms.